The first kappa shape index (κ1) is 12.1. The molecule has 88 valence electrons. The van der Waals surface area contributed by atoms with E-state index >= 15 is 0 Å². The molecule has 1 aromatic carbocycles. The lowest BCUT2D eigenvalue weighted by molar-refractivity contribution is 0.0594. The maximum absolute atomic E-state index is 11.4. The van der Waals surface area contributed by atoms with Gasteiger partial charge in [0.25, 0.3) is 0 Å². The summed E-state index contributed by atoms with van der Waals surface area (Å²) in [5.74, 6) is -0.511. The molecule has 2 aromatic rings. The summed E-state index contributed by atoms with van der Waals surface area (Å²) in [6.07, 6.45) is 0. The number of benzene rings is 1. The van der Waals surface area contributed by atoms with Gasteiger partial charge in [0.1, 0.15) is 0 Å². The molecule has 0 N–H and O–H groups in total. The molecule has 0 atom stereocenters. The molecule has 0 fully saturated rings. The Bertz CT molecular complexity index is 611. The average molecular weight is 270 g/mol. The number of nitrogens with zero attached hydrogens (tertiary/aromatic N) is 1. The van der Waals surface area contributed by atoms with E-state index in [-0.39, 0.29) is 5.69 Å². The summed E-state index contributed by atoms with van der Waals surface area (Å²) in [7, 11) is 1.30. The van der Waals surface area contributed by atoms with Gasteiger partial charge in [0.2, 0.25) is 0 Å². The van der Waals surface area contributed by atoms with Gasteiger partial charge in [-0.05, 0) is 30.7 Å². The SMILES string of the molecule is COC(=O)c1cc(Cl)c2cc(Cl)cc(C)c2n1. The third-order valence-corrected chi connectivity index (χ3v) is 2.94. The van der Waals surface area contributed by atoms with Crippen LogP contribution < -0.4 is 0 Å². The summed E-state index contributed by atoms with van der Waals surface area (Å²) in [6.45, 7) is 1.86. The van der Waals surface area contributed by atoms with E-state index in [9.17, 15) is 4.79 Å². The number of methoxy groups -OCH3 is 1. The van der Waals surface area contributed by atoms with E-state index in [2.05, 4.69) is 9.72 Å². The van der Waals surface area contributed by atoms with E-state index in [4.69, 9.17) is 23.2 Å². The van der Waals surface area contributed by atoms with Crippen LogP contribution in [-0.4, -0.2) is 18.1 Å². The molecule has 0 spiro atoms. The van der Waals surface area contributed by atoms with Gasteiger partial charge in [-0.2, -0.15) is 0 Å². The number of aromatic nitrogens is 1. The van der Waals surface area contributed by atoms with Crippen LogP contribution in [0.4, 0.5) is 0 Å². The number of carbonyl (C=O) groups excluding carboxylic acids is 1. The minimum absolute atomic E-state index is 0.190. The van der Waals surface area contributed by atoms with Crippen molar-refractivity contribution in [2.24, 2.45) is 0 Å². The zero-order valence-corrected chi connectivity index (χ0v) is 10.8. The van der Waals surface area contributed by atoms with Crippen molar-refractivity contribution in [1.29, 1.82) is 0 Å². The molecule has 0 aliphatic carbocycles. The molecule has 0 aliphatic heterocycles. The fourth-order valence-corrected chi connectivity index (χ4v) is 2.15. The van der Waals surface area contributed by atoms with Crippen molar-refractivity contribution in [2.75, 3.05) is 7.11 Å². The smallest absolute Gasteiger partial charge is 0.356 e. The number of hydrogen-bond acceptors (Lipinski definition) is 3. The number of halogens is 2. The summed E-state index contributed by atoms with van der Waals surface area (Å²) in [6, 6.07) is 4.97. The lowest BCUT2D eigenvalue weighted by atomic mass is 10.1. The zero-order valence-electron chi connectivity index (χ0n) is 9.25. The Morgan fingerprint density at radius 1 is 1.29 bits per heavy atom. The van der Waals surface area contributed by atoms with Crippen molar-refractivity contribution in [3.63, 3.8) is 0 Å². The average Bonchev–Trinajstić information content (AvgIpc) is 2.29. The quantitative estimate of drug-likeness (QED) is 0.742. The Morgan fingerprint density at radius 2 is 2.00 bits per heavy atom. The van der Waals surface area contributed by atoms with Gasteiger partial charge in [-0.1, -0.05) is 23.2 Å². The van der Waals surface area contributed by atoms with Crippen molar-refractivity contribution in [1.82, 2.24) is 4.98 Å². The van der Waals surface area contributed by atoms with Crippen molar-refractivity contribution in [3.8, 4) is 0 Å². The number of pyridine rings is 1. The number of ether oxygens (including phenoxy) is 1. The molecule has 0 saturated heterocycles. The number of fused-ring (bicyclic) bond motifs is 1. The number of rotatable bonds is 1. The van der Waals surface area contributed by atoms with Crippen LogP contribution in [0.2, 0.25) is 10.0 Å². The number of esters is 1. The standard InChI is InChI=1S/C12H9Cl2NO2/c1-6-3-7(13)4-8-9(14)5-10(12(16)17-2)15-11(6)8/h3-5H,1-2H3. The second kappa shape index (κ2) is 4.51. The van der Waals surface area contributed by atoms with Gasteiger partial charge < -0.3 is 4.74 Å². The Hall–Kier alpha value is -1.32. The highest BCUT2D eigenvalue weighted by Gasteiger charge is 2.13. The molecule has 2 rings (SSSR count). The van der Waals surface area contributed by atoms with E-state index in [1.54, 1.807) is 12.1 Å². The van der Waals surface area contributed by atoms with E-state index in [1.807, 2.05) is 6.92 Å². The van der Waals surface area contributed by atoms with Crippen LogP contribution in [0, 0.1) is 6.92 Å². The lowest BCUT2D eigenvalue weighted by Crippen LogP contribution is -2.04. The maximum atomic E-state index is 11.4. The third kappa shape index (κ3) is 2.21. The minimum Gasteiger partial charge on any atom is -0.464 e. The van der Waals surface area contributed by atoms with Crippen LogP contribution >= 0.6 is 23.2 Å². The van der Waals surface area contributed by atoms with Gasteiger partial charge in [0.05, 0.1) is 17.6 Å². The lowest BCUT2D eigenvalue weighted by Gasteiger charge is -2.07. The predicted octanol–water partition coefficient (Wildman–Crippen LogP) is 3.64. The molecule has 17 heavy (non-hydrogen) atoms. The van der Waals surface area contributed by atoms with Gasteiger partial charge >= 0.3 is 5.97 Å². The summed E-state index contributed by atoms with van der Waals surface area (Å²) in [4.78, 5) is 15.6. The van der Waals surface area contributed by atoms with Crippen molar-refractivity contribution in [3.05, 3.63) is 39.5 Å². The third-order valence-electron chi connectivity index (χ3n) is 2.41. The molecule has 3 nitrogen and oxygen atoms in total. The van der Waals surface area contributed by atoms with Crippen LogP contribution in [0.15, 0.2) is 18.2 Å². The molecule has 1 heterocycles. The second-order valence-corrected chi connectivity index (χ2v) is 4.44. The molecule has 0 bridgehead atoms. The highest BCUT2D eigenvalue weighted by molar-refractivity contribution is 6.37. The van der Waals surface area contributed by atoms with Gasteiger partial charge in [0.15, 0.2) is 5.69 Å². The van der Waals surface area contributed by atoms with Crippen molar-refractivity contribution < 1.29 is 9.53 Å². The maximum Gasteiger partial charge on any atom is 0.356 e. The van der Waals surface area contributed by atoms with E-state index in [0.29, 0.717) is 15.6 Å². The Labute approximate surface area is 108 Å². The molecule has 0 saturated carbocycles. The zero-order chi connectivity index (χ0) is 12.6. The van der Waals surface area contributed by atoms with Gasteiger partial charge in [-0.25, -0.2) is 9.78 Å². The topological polar surface area (TPSA) is 39.2 Å². The highest BCUT2D eigenvalue weighted by atomic mass is 35.5. The van der Waals surface area contributed by atoms with Crippen LogP contribution in [0.1, 0.15) is 16.1 Å². The van der Waals surface area contributed by atoms with Crippen LogP contribution in [0.3, 0.4) is 0 Å². The molecular formula is C12H9Cl2NO2. The van der Waals surface area contributed by atoms with Gasteiger partial charge in [-0.3, -0.25) is 0 Å². The number of hydrogen-bond donors (Lipinski definition) is 0. The molecule has 0 amide bonds. The first-order valence-electron chi connectivity index (χ1n) is 4.87. The first-order valence-corrected chi connectivity index (χ1v) is 5.63. The minimum atomic E-state index is -0.511. The van der Waals surface area contributed by atoms with Gasteiger partial charge in [0, 0.05) is 10.4 Å². The number of carbonyl (C=O) groups is 1. The Kier molecular flexibility index (Phi) is 3.22. The van der Waals surface area contributed by atoms with Crippen LogP contribution in [-0.2, 0) is 4.74 Å². The molecule has 0 aliphatic rings. The molecular weight excluding hydrogens is 261 g/mol. The molecule has 0 radical (unpaired) electrons. The van der Waals surface area contributed by atoms with Crippen molar-refractivity contribution >= 4 is 40.1 Å². The van der Waals surface area contributed by atoms with E-state index in [0.717, 1.165) is 10.9 Å². The summed E-state index contributed by atoms with van der Waals surface area (Å²) in [5, 5.41) is 1.75. The monoisotopic (exact) mass is 269 g/mol. The van der Waals surface area contributed by atoms with E-state index < -0.39 is 5.97 Å². The number of aryl methyl sites for hydroxylation is 1. The summed E-state index contributed by atoms with van der Waals surface area (Å²) >= 11 is 12.0. The van der Waals surface area contributed by atoms with Crippen LogP contribution in [0.25, 0.3) is 10.9 Å². The first-order chi connectivity index (χ1) is 8.02. The van der Waals surface area contributed by atoms with Crippen LogP contribution in [0.5, 0.6) is 0 Å². The molecule has 1 aromatic heterocycles. The van der Waals surface area contributed by atoms with Crippen molar-refractivity contribution in [2.45, 2.75) is 6.92 Å². The highest BCUT2D eigenvalue weighted by Crippen LogP contribution is 2.28. The second-order valence-electron chi connectivity index (χ2n) is 3.60. The predicted molar refractivity (Wildman–Crippen MR) is 67.8 cm³/mol. The fraction of sp³-hybridized carbons (Fsp3) is 0.167. The Morgan fingerprint density at radius 3 is 2.65 bits per heavy atom. The van der Waals surface area contributed by atoms with E-state index in [1.165, 1.54) is 13.2 Å². The Balaban J connectivity index is 2.77. The fourth-order valence-electron chi connectivity index (χ4n) is 1.63. The summed E-state index contributed by atoms with van der Waals surface area (Å²) < 4.78 is 4.62. The largest absolute Gasteiger partial charge is 0.464 e. The van der Waals surface area contributed by atoms with Gasteiger partial charge in [-0.15, -0.1) is 0 Å². The normalized spacial score (nSPS) is 10.6. The summed E-state index contributed by atoms with van der Waals surface area (Å²) in [5.41, 5.74) is 1.71. The molecule has 5 heteroatoms. The molecule has 0 unspecified atom stereocenters.